The van der Waals surface area contributed by atoms with Crippen molar-refractivity contribution in [1.82, 2.24) is 10.2 Å². The second kappa shape index (κ2) is 6.57. The van der Waals surface area contributed by atoms with Gasteiger partial charge in [0.25, 0.3) is 5.92 Å². The summed E-state index contributed by atoms with van der Waals surface area (Å²) in [6.07, 6.45) is 4.16. The molecule has 27 heavy (non-hydrogen) atoms. The fourth-order valence-electron chi connectivity index (χ4n) is 5.33. The van der Waals surface area contributed by atoms with Gasteiger partial charge in [-0.15, -0.1) is 0 Å². The first-order chi connectivity index (χ1) is 12.9. The summed E-state index contributed by atoms with van der Waals surface area (Å²) < 4.78 is 29.6. The molecule has 1 saturated heterocycles. The molecule has 3 aliphatic rings. The summed E-state index contributed by atoms with van der Waals surface area (Å²) in [5.74, 6) is -3.96. The van der Waals surface area contributed by atoms with Crippen LogP contribution >= 0.6 is 0 Å². The predicted octanol–water partition coefficient (Wildman–Crippen LogP) is 3.12. The van der Waals surface area contributed by atoms with Crippen LogP contribution in [-0.2, 0) is 15.0 Å². The normalized spacial score (nSPS) is 30.5. The van der Waals surface area contributed by atoms with Gasteiger partial charge in [0.15, 0.2) is 0 Å². The molecular formula is C21H26F2N2O2. The zero-order chi connectivity index (χ0) is 19.2. The highest BCUT2D eigenvalue weighted by Gasteiger charge is 2.81. The highest BCUT2D eigenvalue weighted by Crippen LogP contribution is 2.70. The zero-order valence-electron chi connectivity index (χ0n) is 15.6. The smallest absolute Gasteiger partial charge is 0.263 e. The molecule has 3 unspecified atom stereocenters. The average molecular weight is 376 g/mol. The third-order valence-electron chi connectivity index (χ3n) is 6.82. The number of benzene rings is 1. The van der Waals surface area contributed by atoms with E-state index in [0.29, 0.717) is 12.1 Å². The lowest BCUT2D eigenvalue weighted by molar-refractivity contribution is -0.138. The molecule has 1 aromatic rings. The molecule has 2 aliphatic carbocycles. The SMILES string of the molecule is CC(=O)NC(C(=O)N1CCC2(c3ccccc3)C(C1)C2(F)F)C1CCCC1. The molecule has 3 fully saturated rings. The monoisotopic (exact) mass is 376 g/mol. The summed E-state index contributed by atoms with van der Waals surface area (Å²) in [4.78, 5) is 26.3. The number of alkyl halides is 2. The van der Waals surface area contributed by atoms with Crippen LogP contribution in [0.25, 0.3) is 0 Å². The van der Waals surface area contributed by atoms with Crippen LogP contribution in [0.2, 0.25) is 0 Å². The molecule has 6 heteroatoms. The van der Waals surface area contributed by atoms with Crippen molar-refractivity contribution in [1.29, 1.82) is 0 Å². The molecule has 4 nitrogen and oxygen atoms in total. The summed E-state index contributed by atoms with van der Waals surface area (Å²) in [5, 5.41) is 2.79. The Morgan fingerprint density at radius 3 is 2.44 bits per heavy atom. The Balaban J connectivity index is 1.52. The number of nitrogens with one attached hydrogen (secondary N) is 1. The number of nitrogens with zero attached hydrogens (tertiary/aromatic N) is 1. The van der Waals surface area contributed by atoms with Gasteiger partial charge in [-0.25, -0.2) is 8.78 Å². The van der Waals surface area contributed by atoms with Crippen LogP contribution in [0.1, 0.15) is 44.6 Å². The fourth-order valence-corrected chi connectivity index (χ4v) is 5.33. The van der Waals surface area contributed by atoms with E-state index in [1.165, 1.54) is 6.92 Å². The zero-order valence-corrected chi connectivity index (χ0v) is 15.6. The van der Waals surface area contributed by atoms with E-state index in [1.54, 1.807) is 29.2 Å². The number of amides is 2. The van der Waals surface area contributed by atoms with Crippen LogP contribution in [0, 0.1) is 11.8 Å². The minimum Gasteiger partial charge on any atom is -0.344 e. The van der Waals surface area contributed by atoms with Crippen LogP contribution in [0.3, 0.4) is 0 Å². The lowest BCUT2D eigenvalue weighted by Gasteiger charge is -2.34. The van der Waals surface area contributed by atoms with E-state index < -0.39 is 23.3 Å². The molecule has 1 heterocycles. The number of carbonyl (C=O) groups is 2. The Hall–Kier alpha value is -1.98. The van der Waals surface area contributed by atoms with Gasteiger partial charge in [-0.1, -0.05) is 43.2 Å². The van der Waals surface area contributed by atoms with E-state index in [-0.39, 0.29) is 30.7 Å². The summed E-state index contributed by atoms with van der Waals surface area (Å²) in [7, 11) is 0. The van der Waals surface area contributed by atoms with Crippen LogP contribution in [0.5, 0.6) is 0 Å². The highest BCUT2D eigenvalue weighted by molar-refractivity contribution is 5.87. The van der Waals surface area contributed by atoms with Crippen molar-refractivity contribution < 1.29 is 18.4 Å². The average Bonchev–Trinajstić information content (AvgIpc) is 3.00. The number of piperidine rings is 1. The topological polar surface area (TPSA) is 49.4 Å². The van der Waals surface area contributed by atoms with Gasteiger partial charge < -0.3 is 10.2 Å². The first-order valence-corrected chi connectivity index (χ1v) is 9.87. The number of carbonyl (C=O) groups excluding carboxylic acids is 2. The molecule has 1 N–H and O–H groups in total. The van der Waals surface area contributed by atoms with Gasteiger partial charge in [0.1, 0.15) is 6.04 Å². The molecular weight excluding hydrogens is 350 g/mol. The maximum absolute atomic E-state index is 14.8. The van der Waals surface area contributed by atoms with Gasteiger partial charge in [0.05, 0.1) is 11.3 Å². The number of fused-ring (bicyclic) bond motifs is 1. The Morgan fingerprint density at radius 2 is 1.85 bits per heavy atom. The van der Waals surface area contributed by atoms with Crippen molar-refractivity contribution in [2.75, 3.05) is 13.1 Å². The minimum absolute atomic E-state index is 0.0591. The van der Waals surface area contributed by atoms with Gasteiger partial charge in [0, 0.05) is 20.0 Å². The third-order valence-corrected chi connectivity index (χ3v) is 6.82. The molecule has 0 radical (unpaired) electrons. The van der Waals surface area contributed by atoms with Crippen molar-refractivity contribution in [2.24, 2.45) is 11.8 Å². The number of rotatable bonds is 4. The van der Waals surface area contributed by atoms with E-state index in [2.05, 4.69) is 5.32 Å². The van der Waals surface area contributed by atoms with Gasteiger partial charge >= 0.3 is 0 Å². The maximum Gasteiger partial charge on any atom is 0.263 e. The van der Waals surface area contributed by atoms with Crippen molar-refractivity contribution >= 4 is 11.8 Å². The molecule has 0 bridgehead atoms. The standard InChI is InChI=1S/C21H26F2N2O2/c1-14(26)24-18(15-7-5-6-8-15)19(27)25-12-11-20(16-9-3-2-4-10-16)17(13-25)21(20,22)23/h2-4,9-10,15,17-18H,5-8,11-13H2,1H3,(H,24,26). The molecule has 0 aromatic heterocycles. The Kier molecular flexibility index (Phi) is 4.47. The second-order valence-corrected chi connectivity index (χ2v) is 8.27. The van der Waals surface area contributed by atoms with E-state index in [9.17, 15) is 18.4 Å². The summed E-state index contributed by atoms with van der Waals surface area (Å²) >= 11 is 0. The Morgan fingerprint density at radius 1 is 1.19 bits per heavy atom. The van der Waals surface area contributed by atoms with Crippen molar-refractivity contribution in [3.8, 4) is 0 Å². The minimum atomic E-state index is -2.79. The maximum atomic E-state index is 14.8. The molecule has 146 valence electrons. The van der Waals surface area contributed by atoms with E-state index in [1.807, 2.05) is 6.07 Å². The second-order valence-electron chi connectivity index (χ2n) is 8.27. The van der Waals surface area contributed by atoms with Gasteiger partial charge in [0.2, 0.25) is 11.8 Å². The van der Waals surface area contributed by atoms with Crippen LogP contribution in [0.15, 0.2) is 30.3 Å². The Bertz CT molecular complexity index is 733. The molecule has 2 amide bonds. The molecule has 0 spiro atoms. The first kappa shape index (κ1) is 18.4. The number of halogens is 2. The van der Waals surface area contributed by atoms with Gasteiger partial charge in [-0.05, 0) is 30.7 Å². The van der Waals surface area contributed by atoms with Gasteiger partial charge in [-0.2, -0.15) is 0 Å². The number of hydrogen-bond donors (Lipinski definition) is 1. The highest BCUT2D eigenvalue weighted by atomic mass is 19.3. The summed E-state index contributed by atoms with van der Waals surface area (Å²) in [6.45, 7) is 1.77. The van der Waals surface area contributed by atoms with Crippen LogP contribution in [0.4, 0.5) is 8.78 Å². The number of likely N-dealkylation sites (tertiary alicyclic amines) is 1. The molecule has 1 aliphatic heterocycles. The van der Waals surface area contributed by atoms with Crippen LogP contribution < -0.4 is 5.32 Å². The molecule has 4 rings (SSSR count). The van der Waals surface area contributed by atoms with Crippen molar-refractivity contribution in [2.45, 2.75) is 56.4 Å². The van der Waals surface area contributed by atoms with E-state index in [0.717, 1.165) is 25.7 Å². The molecule has 3 atom stereocenters. The lowest BCUT2D eigenvalue weighted by atomic mass is 9.86. The fraction of sp³-hybridized carbons (Fsp3) is 0.619. The molecule has 1 aromatic carbocycles. The lowest BCUT2D eigenvalue weighted by Crippen LogP contribution is -2.53. The largest absolute Gasteiger partial charge is 0.344 e. The van der Waals surface area contributed by atoms with Crippen molar-refractivity contribution in [3.05, 3.63) is 35.9 Å². The predicted molar refractivity (Wildman–Crippen MR) is 97.3 cm³/mol. The summed E-state index contributed by atoms with van der Waals surface area (Å²) in [5.41, 5.74) is -0.469. The van der Waals surface area contributed by atoms with E-state index in [4.69, 9.17) is 0 Å². The van der Waals surface area contributed by atoms with Crippen molar-refractivity contribution in [3.63, 3.8) is 0 Å². The Labute approximate surface area is 158 Å². The molecule has 2 saturated carbocycles. The van der Waals surface area contributed by atoms with Gasteiger partial charge in [-0.3, -0.25) is 9.59 Å². The quantitative estimate of drug-likeness (QED) is 0.878. The van der Waals surface area contributed by atoms with Crippen LogP contribution in [-0.4, -0.2) is 41.8 Å². The number of hydrogen-bond acceptors (Lipinski definition) is 2. The summed E-state index contributed by atoms with van der Waals surface area (Å²) in [6, 6.07) is 8.36. The third kappa shape index (κ3) is 2.84. The first-order valence-electron chi connectivity index (χ1n) is 9.87. The van der Waals surface area contributed by atoms with E-state index >= 15 is 0 Å².